The highest BCUT2D eigenvalue weighted by atomic mass is 19.1. The van der Waals surface area contributed by atoms with Crippen LogP contribution in [0.3, 0.4) is 0 Å². The first-order valence-corrected chi connectivity index (χ1v) is 10.5. The third kappa shape index (κ3) is 6.64. The highest BCUT2D eigenvalue weighted by Gasteiger charge is 2.33. The van der Waals surface area contributed by atoms with Gasteiger partial charge >= 0.3 is 17.8 Å². The van der Waals surface area contributed by atoms with E-state index in [0.717, 1.165) is 24.3 Å². The molecule has 0 aliphatic rings. The van der Waals surface area contributed by atoms with Crippen LogP contribution in [-0.2, 0) is 28.5 Å². The first-order chi connectivity index (χ1) is 22.4. The molecule has 0 saturated heterocycles. The number of amides is 2. The number of nitrogens with zero attached hydrogens (tertiary/aromatic N) is 4. The molecule has 0 saturated carbocycles. The molecule has 202 valence electrons. The van der Waals surface area contributed by atoms with Gasteiger partial charge < -0.3 is 24.5 Å². The minimum atomic E-state index is -4.04. The molecule has 0 unspecified atom stereocenters. The lowest BCUT2D eigenvalue weighted by Crippen LogP contribution is -2.46. The molecule has 3 rings (SSSR count). The molecule has 13 nitrogen and oxygen atoms in total. The van der Waals surface area contributed by atoms with Crippen molar-refractivity contribution < 1.29 is 47.7 Å². The average molecular weight is 542 g/mol. The number of hydrogen-bond acceptors (Lipinski definition) is 10. The molecular formula is C24H27FN6O7. The Hall–Kier alpha value is -4.46. The molecule has 2 heterocycles. The van der Waals surface area contributed by atoms with Crippen LogP contribution in [0.4, 0.5) is 4.39 Å². The summed E-state index contributed by atoms with van der Waals surface area (Å²) >= 11 is 0. The Morgan fingerprint density at radius 3 is 2.55 bits per heavy atom. The monoisotopic (exact) mass is 541 g/mol. The number of aryl methyl sites for hydroxylation is 1. The van der Waals surface area contributed by atoms with E-state index in [4.69, 9.17) is 29.0 Å². The van der Waals surface area contributed by atoms with Gasteiger partial charge in [-0.05, 0) is 31.4 Å². The molecule has 0 bridgehead atoms. The third-order valence-corrected chi connectivity index (χ3v) is 4.50. The number of ether oxygens (including phenoxy) is 2. The number of rotatable bonds is 10. The van der Waals surface area contributed by atoms with Crippen molar-refractivity contribution in [2.45, 2.75) is 39.1 Å². The SMILES string of the molecule is [2H]C([2H])(NC(=O)c1nc(C(NC(=O)c2nnc(C)o2)(C([2H])([2H])[2H])C([2H])([2H])[2H])n(C([2H])([2H])[2H])c(=O)c1OC(=O)CCOC)c1ccc(F)cc1. The maximum atomic E-state index is 13.9. The van der Waals surface area contributed by atoms with Crippen molar-refractivity contribution in [3.05, 3.63) is 69.3 Å². The van der Waals surface area contributed by atoms with Crippen LogP contribution in [0.2, 0.25) is 0 Å². The van der Waals surface area contributed by atoms with Gasteiger partial charge in [0.05, 0.1) is 21.3 Å². The normalized spacial score (nSPS) is 16.9. The Labute approximate surface area is 231 Å². The molecule has 0 spiro atoms. The van der Waals surface area contributed by atoms with Crippen molar-refractivity contribution in [2.24, 2.45) is 6.98 Å². The molecule has 0 radical (unpaired) electrons. The Bertz CT molecular complexity index is 1770. The van der Waals surface area contributed by atoms with Crippen LogP contribution in [0.5, 0.6) is 5.75 Å². The van der Waals surface area contributed by atoms with E-state index in [-0.39, 0.29) is 18.1 Å². The number of esters is 1. The summed E-state index contributed by atoms with van der Waals surface area (Å²) < 4.78 is 118. The van der Waals surface area contributed by atoms with E-state index in [1.54, 1.807) is 10.6 Å². The number of halogens is 1. The number of carbonyl (C=O) groups is 3. The lowest BCUT2D eigenvalue weighted by molar-refractivity contribution is -0.135. The molecule has 38 heavy (non-hydrogen) atoms. The third-order valence-electron chi connectivity index (χ3n) is 4.50. The van der Waals surface area contributed by atoms with Crippen LogP contribution in [0.1, 0.15) is 73.7 Å². The molecule has 0 atom stereocenters. The summed E-state index contributed by atoms with van der Waals surface area (Å²) in [5.41, 5.74) is -7.84. The van der Waals surface area contributed by atoms with E-state index in [1.165, 1.54) is 14.0 Å². The Morgan fingerprint density at radius 2 is 1.95 bits per heavy atom. The number of hydrogen-bond donors (Lipinski definition) is 2. The van der Waals surface area contributed by atoms with E-state index < -0.39 is 96.0 Å². The number of benzene rings is 1. The summed E-state index contributed by atoms with van der Waals surface area (Å²) in [6.45, 7) is -13.9. The summed E-state index contributed by atoms with van der Waals surface area (Å²) in [6.07, 6.45) is -0.600. The molecule has 1 aromatic carbocycles. The van der Waals surface area contributed by atoms with Crippen molar-refractivity contribution in [3.63, 3.8) is 0 Å². The highest BCUT2D eigenvalue weighted by molar-refractivity contribution is 5.95. The second-order valence-corrected chi connectivity index (χ2v) is 7.39. The van der Waals surface area contributed by atoms with Crippen molar-refractivity contribution in [2.75, 3.05) is 13.7 Å². The van der Waals surface area contributed by atoms with E-state index in [0.29, 0.717) is 0 Å². The molecule has 0 aliphatic heterocycles. The molecule has 14 heteroatoms. The number of nitrogens with one attached hydrogen (secondary N) is 2. The van der Waals surface area contributed by atoms with E-state index >= 15 is 0 Å². The van der Waals surface area contributed by atoms with Crippen LogP contribution in [0.25, 0.3) is 0 Å². The zero-order valence-corrected chi connectivity index (χ0v) is 19.7. The van der Waals surface area contributed by atoms with Gasteiger partial charge in [0.1, 0.15) is 11.6 Å². The summed E-state index contributed by atoms with van der Waals surface area (Å²) in [7, 11) is 1.19. The van der Waals surface area contributed by atoms with E-state index in [9.17, 15) is 23.6 Å². The molecule has 2 amide bonds. The van der Waals surface area contributed by atoms with Gasteiger partial charge in [0.15, 0.2) is 5.69 Å². The topological polar surface area (TPSA) is 168 Å². The van der Waals surface area contributed by atoms with Crippen molar-refractivity contribution in [3.8, 4) is 5.75 Å². The largest absolute Gasteiger partial charge is 0.418 e. The molecule has 0 fully saturated rings. The van der Waals surface area contributed by atoms with Crippen LogP contribution in [-0.4, -0.2) is 51.2 Å². The first-order valence-electron chi connectivity index (χ1n) is 16.0. The summed E-state index contributed by atoms with van der Waals surface area (Å²) in [5.74, 6) is -10.1. The number of carbonyl (C=O) groups excluding carboxylic acids is 3. The van der Waals surface area contributed by atoms with Crippen LogP contribution in [0, 0.1) is 12.7 Å². The minimum Gasteiger partial charge on any atom is -0.418 e. The summed E-state index contributed by atoms with van der Waals surface area (Å²) in [4.78, 5) is 57.0. The predicted octanol–water partition coefficient (Wildman–Crippen LogP) is 1.15. The predicted molar refractivity (Wildman–Crippen MR) is 129 cm³/mol. The van der Waals surface area contributed by atoms with Crippen LogP contribution in [0.15, 0.2) is 33.5 Å². The summed E-state index contributed by atoms with van der Waals surface area (Å²) in [5, 5.41) is 10.2. The maximum absolute atomic E-state index is 13.9. The van der Waals surface area contributed by atoms with Crippen molar-refractivity contribution >= 4 is 17.8 Å². The zero-order chi connectivity index (χ0) is 37.3. The van der Waals surface area contributed by atoms with Gasteiger partial charge in [0.2, 0.25) is 11.6 Å². The van der Waals surface area contributed by atoms with Gasteiger partial charge in [0, 0.05) is 39.8 Å². The minimum absolute atomic E-state index is 0.231. The molecule has 2 N–H and O–H groups in total. The lowest BCUT2D eigenvalue weighted by Gasteiger charge is -2.27. The van der Waals surface area contributed by atoms with Gasteiger partial charge in [-0.3, -0.25) is 23.7 Å². The molecule has 3 aromatic rings. The Balaban J connectivity index is 2.47. The van der Waals surface area contributed by atoms with Gasteiger partial charge in [0.25, 0.3) is 11.5 Å². The average Bonchev–Trinajstić information content (AvgIpc) is 3.39. The lowest BCUT2D eigenvalue weighted by atomic mass is 10.0. The number of methoxy groups -OCH3 is 1. The number of aromatic nitrogens is 4. The highest BCUT2D eigenvalue weighted by Crippen LogP contribution is 2.22. The Kier molecular flexibility index (Phi) is 5.06. The Morgan fingerprint density at radius 1 is 1.21 bits per heavy atom. The molecular weight excluding hydrogens is 503 g/mol. The summed E-state index contributed by atoms with van der Waals surface area (Å²) in [6, 6.07) is 3.53. The van der Waals surface area contributed by atoms with Crippen molar-refractivity contribution in [1.82, 2.24) is 30.4 Å². The van der Waals surface area contributed by atoms with Gasteiger partial charge in [-0.15, -0.1) is 10.2 Å². The fourth-order valence-electron chi connectivity index (χ4n) is 2.74. The first kappa shape index (κ1) is 16.4. The molecule has 2 aromatic heterocycles. The van der Waals surface area contributed by atoms with Gasteiger partial charge in [-0.25, -0.2) is 9.37 Å². The zero-order valence-electron chi connectivity index (χ0n) is 30.7. The fourth-order valence-corrected chi connectivity index (χ4v) is 2.74. The second-order valence-electron chi connectivity index (χ2n) is 7.39. The van der Waals surface area contributed by atoms with E-state index in [2.05, 4.69) is 15.2 Å². The van der Waals surface area contributed by atoms with Crippen molar-refractivity contribution in [1.29, 1.82) is 0 Å². The maximum Gasteiger partial charge on any atom is 0.313 e. The smallest absolute Gasteiger partial charge is 0.313 e. The van der Waals surface area contributed by atoms with Gasteiger partial charge in [-0.1, -0.05) is 12.1 Å². The quantitative estimate of drug-likeness (QED) is 0.355. The standard InChI is InChI=1S/C24H27FN6O7/c1-13-29-30-21(37-13)20(34)28-24(2,3)23-27-17(19(33)26-12-14-6-8-15(25)9-7-14)18(22(35)31(23)4)38-16(32)10-11-36-5/h6-9H,10-12H2,1-5H3,(H,26,33)(H,28,34)/i2D3,3D3,4D3,12D2. The van der Waals surface area contributed by atoms with Crippen LogP contribution < -0.4 is 20.9 Å². The second kappa shape index (κ2) is 11.7. The van der Waals surface area contributed by atoms with Gasteiger partial charge in [-0.2, -0.15) is 0 Å². The van der Waals surface area contributed by atoms with E-state index in [1.807, 2.05) is 0 Å². The fraction of sp³-hybridized carbons (Fsp3) is 0.375. The molecule has 0 aliphatic carbocycles. The van der Waals surface area contributed by atoms with Crippen LogP contribution >= 0.6 is 0 Å².